The third-order valence-electron chi connectivity index (χ3n) is 2.02. The molecule has 14 heavy (non-hydrogen) atoms. The minimum Gasteiger partial charge on any atom is -0.162 e. The van der Waals surface area contributed by atoms with E-state index in [0.717, 1.165) is 0 Å². The predicted molar refractivity (Wildman–Crippen MR) is 73.7 cm³/mol. The topological polar surface area (TPSA) is 0 Å². The second-order valence-corrected chi connectivity index (χ2v) is 6.09. The van der Waals surface area contributed by atoms with Crippen LogP contribution in [0.5, 0.6) is 0 Å². The lowest BCUT2D eigenvalue weighted by Gasteiger charge is -2.01. The zero-order valence-corrected chi connectivity index (χ0v) is 11.5. The van der Waals surface area contributed by atoms with Crippen molar-refractivity contribution in [2.75, 3.05) is 23.0 Å². The average Bonchev–Trinajstić information content (AvgIpc) is 2.21. The van der Waals surface area contributed by atoms with Crippen molar-refractivity contribution in [2.45, 2.75) is 52.4 Å². The summed E-state index contributed by atoms with van der Waals surface area (Å²) < 4.78 is 0. The molecule has 0 saturated heterocycles. The van der Waals surface area contributed by atoms with Crippen LogP contribution in [0.4, 0.5) is 0 Å². The standard InChI is InChI=1S/C12H26S2/c1-3-9-13-11-7-5-6-8-12-14-10-4-2/h3-12H2,1-2H3. The Balaban J connectivity index is 2.78. The number of rotatable bonds is 11. The number of hydrogen-bond donors (Lipinski definition) is 0. The van der Waals surface area contributed by atoms with Gasteiger partial charge < -0.3 is 0 Å². The fourth-order valence-electron chi connectivity index (χ4n) is 1.25. The summed E-state index contributed by atoms with van der Waals surface area (Å²) in [7, 11) is 0. The van der Waals surface area contributed by atoms with Gasteiger partial charge in [0.15, 0.2) is 0 Å². The molecular formula is C12H26S2. The number of unbranched alkanes of at least 4 members (excludes halogenated alkanes) is 3. The van der Waals surface area contributed by atoms with Crippen LogP contribution in [0.3, 0.4) is 0 Å². The quantitative estimate of drug-likeness (QED) is 0.470. The average molecular weight is 234 g/mol. The Hall–Kier alpha value is 0.700. The SMILES string of the molecule is CCCSCCCCCCSCCC. The zero-order valence-electron chi connectivity index (χ0n) is 9.89. The molecule has 0 aromatic heterocycles. The summed E-state index contributed by atoms with van der Waals surface area (Å²) in [6.07, 6.45) is 8.43. The fraction of sp³-hybridized carbons (Fsp3) is 1.00. The number of thioether (sulfide) groups is 2. The first kappa shape index (κ1) is 14.7. The molecule has 0 spiro atoms. The van der Waals surface area contributed by atoms with Crippen molar-refractivity contribution in [1.82, 2.24) is 0 Å². The van der Waals surface area contributed by atoms with Crippen LogP contribution in [-0.2, 0) is 0 Å². The highest BCUT2D eigenvalue weighted by molar-refractivity contribution is 7.99. The van der Waals surface area contributed by atoms with Crippen molar-refractivity contribution in [3.8, 4) is 0 Å². The van der Waals surface area contributed by atoms with Crippen molar-refractivity contribution in [2.24, 2.45) is 0 Å². The van der Waals surface area contributed by atoms with E-state index in [1.807, 2.05) is 0 Å². The van der Waals surface area contributed by atoms with Gasteiger partial charge in [0.2, 0.25) is 0 Å². The van der Waals surface area contributed by atoms with E-state index in [1.54, 1.807) is 0 Å². The minimum absolute atomic E-state index is 1.33. The van der Waals surface area contributed by atoms with E-state index in [9.17, 15) is 0 Å². The minimum atomic E-state index is 1.33. The van der Waals surface area contributed by atoms with Gasteiger partial charge >= 0.3 is 0 Å². The summed E-state index contributed by atoms with van der Waals surface area (Å²) >= 11 is 4.24. The van der Waals surface area contributed by atoms with Crippen molar-refractivity contribution < 1.29 is 0 Å². The van der Waals surface area contributed by atoms with Gasteiger partial charge in [-0.3, -0.25) is 0 Å². The van der Waals surface area contributed by atoms with Crippen LogP contribution in [0.15, 0.2) is 0 Å². The van der Waals surface area contributed by atoms with Crippen molar-refractivity contribution >= 4 is 23.5 Å². The van der Waals surface area contributed by atoms with Crippen LogP contribution >= 0.6 is 23.5 Å². The molecular weight excluding hydrogens is 208 g/mol. The highest BCUT2D eigenvalue weighted by Gasteiger charge is 1.91. The summed E-state index contributed by atoms with van der Waals surface area (Å²) in [4.78, 5) is 0. The molecule has 0 atom stereocenters. The second-order valence-electron chi connectivity index (χ2n) is 3.64. The van der Waals surface area contributed by atoms with Crippen molar-refractivity contribution in [3.63, 3.8) is 0 Å². The Bertz CT molecular complexity index is 82.3. The molecule has 0 fully saturated rings. The highest BCUT2D eigenvalue weighted by atomic mass is 32.2. The monoisotopic (exact) mass is 234 g/mol. The van der Waals surface area contributed by atoms with Gasteiger partial charge in [0, 0.05) is 0 Å². The maximum atomic E-state index is 2.26. The van der Waals surface area contributed by atoms with Crippen LogP contribution in [0.1, 0.15) is 52.4 Å². The molecule has 0 aromatic carbocycles. The third kappa shape index (κ3) is 12.7. The van der Waals surface area contributed by atoms with Gasteiger partial charge in [0.25, 0.3) is 0 Å². The predicted octanol–water partition coefficient (Wildman–Crippen LogP) is 4.83. The maximum absolute atomic E-state index is 2.26. The van der Waals surface area contributed by atoms with Gasteiger partial charge in [0.05, 0.1) is 0 Å². The molecule has 0 unspecified atom stereocenters. The van der Waals surface area contributed by atoms with E-state index in [1.165, 1.54) is 61.5 Å². The van der Waals surface area contributed by atoms with E-state index in [0.29, 0.717) is 0 Å². The Labute approximate surface area is 99.0 Å². The lowest BCUT2D eigenvalue weighted by atomic mass is 10.2. The summed E-state index contributed by atoms with van der Waals surface area (Å²) in [6.45, 7) is 4.52. The lowest BCUT2D eigenvalue weighted by Crippen LogP contribution is -1.86. The van der Waals surface area contributed by atoms with Crippen LogP contribution in [0.2, 0.25) is 0 Å². The molecule has 0 heterocycles. The van der Waals surface area contributed by atoms with E-state index >= 15 is 0 Å². The van der Waals surface area contributed by atoms with Gasteiger partial charge in [-0.2, -0.15) is 23.5 Å². The van der Waals surface area contributed by atoms with Crippen LogP contribution in [-0.4, -0.2) is 23.0 Å². The van der Waals surface area contributed by atoms with E-state index in [4.69, 9.17) is 0 Å². The van der Waals surface area contributed by atoms with Gasteiger partial charge in [-0.1, -0.05) is 26.7 Å². The molecule has 0 radical (unpaired) electrons. The molecule has 0 aliphatic rings. The molecule has 0 nitrogen and oxygen atoms in total. The Kier molecular flexibility index (Phi) is 14.4. The highest BCUT2D eigenvalue weighted by Crippen LogP contribution is 2.11. The molecule has 0 aliphatic carbocycles. The molecule has 0 N–H and O–H groups in total. The van der Waals surface area contributed by atoms with Crippen molar-refractivity contribution in [3.05, 3.63) is 0 Å². The van der Waals surface area contributed by atoms with Crippen LogP contribution < -0.4 is 0 Å². The first-order valence-corrected chi connectivity index (χ1v) is 8.38. The fourth-order valence-corrected chi connectivity index (χ4v) is 3.06. The Morgan fingerprint density at radius 2 is 1.00 bits per heavy atom. The van der Waals surface area contributed by atoms with Gasteiger partial charge in [0.1, 0.15) is 0 Å². The summed E-state index contributed by atoms with van der Waals surface area (Å²) in [6, 6.07) is 0. The molecule has 0 amide bonds. The van der Waals surface area contributed by atoms with Crippen LogP contribution in [0, 0.1) is 0 Å². The molecule has 0 aromatic rings. The third-order valence-corrected chi connectivity index (χ3v) is 4.57. The summed E-state index contributed by atoms with van der Waals surface area (Å²) in [5, 5.41) is 0. The molecule has 0 rings (SSSR count). The molecule has 0 saturated carbocycles. The van der Waals surface area contributed by atoms with Gasteiger partial charge in [-0.15, -0.1) is 0 Å². The lowest BCUT2D eigenvalue weighted by molar-refractivity contribution is 0.711. The maximum Gasteiger partial charge on any atom is -0.00675 e. The van der Waals surface area contributed by atoms with Crippen LogP contribution in [0.25, 0.3) is 0 Å². The largest absolute Gasteiger partial charge is 0.162 e. The summed E-state index contributed by atoms with van der Waals surface area (Å²) in [5.74, 6) is 5.48. The van der Waals surface area contributed by atoms with Gasteiger partial charge in [-0.25, -0.2) is 0 Å². The van der Waals surface area contributed by atoms with E-state index in [2.05, 4.69) is 37.4 Å². The van der Waals surface area contributed by atoms with Crippen molar-refractivity contribution in [1.29, 1.82) is 0 Å². The second kappa shape index (κ2) is 13.7. The summed E-state index contributed by atoms with van der Waals surface area (Å²) in [5.41, 5.74) is 0. The molecule has 86 valence electrons. The molecule has 0 aliphatic heterocycles. The molecule has 2 heteroatoms. The zero-order chi connectivity index (χ0) is 10.5. The molecule has 0 bridgehead atoms. The number of hydrogen-bond acceptors (Lipinski definition) is 2. The normalized spacial score (nSPS) is 10.7. The smallest absolute Gasteiger partial charge is 0.00675 e. The Morgan fingerprint density at radius 3 is 1.36 bits per heavy atom. The first-order chi connectivity index (χ1) is 6.91. The Morgan fingerprint density at radius 1 is 0.571 bits per heavy atom. The van der Waals surface area contributed by atoms with E-state index in [-0.39, 0.29) is 0 Å². The van der Waals surface area contributed by atoms with E-state index < -0.39 is 0 Å². The first-order valence-electron chi connectivity index (χ1n) is 6.07. The van der Waals surface area contributed by atoms with Gasteiger partial charge in [-0.05, 0) is 48.7 Å².